The van der Waals surface area contributed by atoms with Crippen molar-refractivity contribution in [2.75, 3.05) is 0 Å². The van der Waals surface area contributed by atoms with Gasteiger partial charge in [-0.3, -0.25) is 0 Å². The minimum Gasteiger partial charge on any atom is -0.240 e. The summed E-state index contributed by atoms with van der Waals surface area (Å²) in [5.74, 6) is 5.28. The lowest BCUT2D eigenvalue weighted by molar-refractivity contribution is 0.509. The van der Waals surface area contributed by atoms with E-state index in [1.165, 1.54) is 35.0 Å². The molecule has 0 aliphatic carbocycles. The fourth-order valence-electron chi connectivity index (χ4n) is 1.13. The molecule has 0 fully saturated rings. The van der Waals surface area contributed by atoms with Crippen LogP contribution in [0.1, 0.15) is 0 Å². The van der Waals surface area contributed by atoms with E-state index in [0.29, 0.717) is 0 Å². The van der Waals surface area contributed by atoms with Crippen molar-refractivity contribution in [2.45, 2.75) is 8.42 Å². The normalized spacial score (nSPS) is 13.0. The maximum Gasteiger partial charge on any atom is 0.279 e. The van der Waals surface area contributed by atoms with Gasteiger partial charge in [0.1, 0.15) is 8.42 Å². The quantitative estimate of drug-likeness (QED) is 0.670. The Labute approximate surface area is 112 Å². The molecule has 10 heteroatoms. The molecule has 0 atom stereocenters. The van der Waals surface area contributed by atoms with Crippen LogP contribution in [0.5, 0.6) is 0 Å². The Morgan fingerprint density at radius 1 is 0.889 bits per heavy atom. The van der Waals surface area contributed by atoms with Crippen LogP contribution in [0.4, 0.5) is 0 Å². The minimum absolute atomic E-state index is 0.0856. The average molecular weight is 324 g/mol. The summed E-state index contributed by atoms with van der Waals surface area (Å²) in [4.78, 5) is 0. The number of hydrogen-bond donors (Lipinski definition) is 1. The Morgan fingerprint density at radius 2 is 1.28 bits per heavy atom. The van der Waals surface area contributed by atoms with Crippen molar-refractivity contribution < 1.29 is 16.8 Å². The lowest BCUT2D eigenvalue weighted by Crippen LogP contribution is -2.41. The smallest absolute Gasteiger partial charge is 0.240 e. The fourth-order valence-corrected chi connectivity index (χ4v) is 6.47. The molecule has 98 valence electrons. The average Bonchev–Trinajstić information content (AvgIpc) is 3.00. The first-order chi connectivity index (χ1) is 8.37. The van der Waals surface area contributed by atoms with E-state index in [9.17, 15) is 16.8 Å². The van der Waals surface area contributed by atoms with Crippen LogP contribution in [0.2, 0.25) is 0 Å². The summed E-state index contributed by atoms with van der Waals surface area (Å²) in [7, 11) is -8.46. The van der Waals surface area contributed by atoms with Crippen LogP contribution < -0.4 is 5.84 Å². The zero-order chi connectivity index (χ0) is 13.4. The standard InChI is InChI=1S/C8H8N2O4S4/c9-10(17(11,12)7-3-1-5-15-7)18(13,14)8-4-2-6-16-8/h1-6H,9H2. The second kappa shape index (κ2) is 4.72. The fraction of sp³-hybridized carbons (Fsp3) is 0. The predicted octanol–water partition coefficient (Wildman–Crippen LogP) is 1.06. The highest BCUT2D eigenvalue weighted by atomic mass is 32.3. The van der Waals surface area contributed by atoms with Gasteiger partial charge in [-0.1, -0.05) is 12.1 Å². The number of thiophene rings is 2. The molecule has 0 aliphatic rings. The lowest BCUT2D eigenvalue weighted by atomic mass is 10.7. The maximum absolute atomic E-state index is 12.0. The van der Waals surface area contributed by atoms with Gasteiger partial charge in [-0.25, -0.2) is 22.7 Å². The van der Waals surface area contributed by atoms with Crippen LogP contribution in [0.3, 0.4) is 0 Å². The Balaban J connectivity index is 2.48. The van der Waals surface area contributed by atoms with Crippen molar-refractivity contribution >= 4 is 42.7 Å². The van der Waals surface area contributed by atoms with E-state index in [1.807, 2.05) is 0 Å². The number of nitrogens with zero attached hydrogens (tertiary/aromatic N) is 1. The summed E-state index contributed by atoms with van der Waals surface area (Å²) in [6, 6.07) is 5.60. The van der Waals surface area contributed by atoms with Gasteiger partial charge in [0, 0.05) is 0 Å². The number of sulfonamides is 2. The van der Waals surface area contributed by atoms with Crippen molar-refractivity contribution in [2.24, 2.45) is 5.84 Å². The topological polar surface area (TPSA) is 97.5 Å². The van der Waals surface area contributed by atoms with Crippen LogP contribution in [0.15, 0.2) is 43.4 Å². The summed E-state index contributed by atoms with van der Waals surface area (Å²) >= 11 is 1.80. The zero-order valence-electron chi connectivity index (χ0n) is 8.75. The van der Waals surface area contributed by atoms with Crippen LogP contribution >= 0.6 is 22.7 Å². The third-order valence-electron chi connectivity index (χ3n) is 1.97. The van der Waals surface area contributed by atoms with Gasteiger partial charge in [0.05, 0.1) is 0 Å². The molecule has 0 saturated carbocycles. The number of nitrogens with two attached hydrogens (primary N) is 1. The summed E-state index contributed by atoms with van der Waals surface area (Å²) in [6.45, 7) is 0. The van der Waals surface area contributed by atoms with Crippen molar-refractivity contribution in [1.29, 1.82) is 0 Å². The van der Waals surface area contributed by atoms with Crippen molar-refractivity contribution in [1.82, 2.24) is 3.82 Å². The zero-order valence-corrected chi connectivity index (χ0v) is 12.0. The first kappa shape index (κ1) is 13.6. The Kier molecular flexibility index (Phi) is 3.58. The van der Waals surface area contributed by atoms with E-state index in [4.69, 9.17) is 5.84 Å². The minimum atomic E-state index is -4.23. The molecule has 0 bridgehead atoms. The highest BCUT2D eigenvalue weighted by molar-refractivity contribution is 8.05. The molecule has 2 heterocycles. The third kappa shape index (κ3) is 2.22. The molecule has 0 radical (unpaired) electrons. The van der Waals surface area contributed by atoms with E-state index in [1.54, 1.807) is 0 Å². The highest BCUT2D eigenvalue weighted by Gasteiger charge is 2.35. The molecule has 0 aliphatic heterocycles. The molecule has 2 aromatic rings. The largest absolute Gasteiger partial charge is 0.279 e. The van der Waals surface area contributed by atoms with Crippen molar-refractivity contribution in [3.8, 4) is 0 Å². The molecule has 2 N–H and O–H groups in total. The Morgan fingerprint density at radius 3 is 1.56 bits per heavy atom. The molecule has 2 aromatic heterocycles. The molecule has 6 nitrogen and oxygen atoms in total. The first-order valence-electron chi connectivity index (χ1n) is 4.49. The third-order valence-corrected chi connectivity index (χ3v) is 8.55. The number of rotatable bonds is 4. The lowest BCUT2D eigenvalue weighted by Gasteiger charge is -2.14. The summed E-state index contributed by atoms with van der Waals surface area (Å²) in [6.07, 6.45) is 0. The molecule has 0 unspecified atom stereocenters. The summed E-state index contributed by atoms with van der Waals surface area (Å²) in [5.41, 5.74) is 0. The molecule has 0 amide bonds. The Hall–Kier alpha value is -0.780. The molecular weight excluding hydrogens is 316 g/mol. The Bertz CT molecular complexity index is 652. The number of hydrazine groups is 1. The van der Waals surface area contributed by atoms with Crippen molar-refractivity contribution in [3.63, 3.8) is 0 Å². The van der Waals surface area contributed by atoms with Gasteiger partial charge in [0.15, 0.2) is 0 Å². The van der Waals surface area contributed by atoms with E-state index >= 15 is 0 Å². The molecular formula is C8H8N2O4S4. The summed E-state index contributed by atoms with van der Waals surface area (Å²) in [5, 5.41) is 3.05. The van der Waals surface area contributed by atoms with Crippen LogP contribution in [-0.2, 0) is 20.0 Å². The van der Waals surface area contributed by atoms with E-state index in [2.05, 4.69) is 0 Å². The molecule has 0 spiro atoms. The monoisotopic (exact) mass is 324 g/mol. The van der Waals surface area contributed by atoms with Gasteiger partial charge < -0.3 is 0 Å². The van der Waals surface area contributed by atoms with Gasteiger partial charge >= 0.3 is 0 Å². The number of hydrogen-bond acceptors (Lipinski definition) is 7. The highest BCUT2D eigenvalue weighted by Crippen LogP contribution is 2.26. The van der Waals surface area contributed by atoms with Crippen LogP contribution in [-0.4, -0.2) is 20.7 Å². The van der Waals surface area contributed by atoms with Crippen LogP contribution in [0.25, 0.3) is 0 Å². The van der Waals surface area contributed by atoms with Gasteiger partial charge in [0.25, 0.3) is 20.0 Å². The maximum atomic E-state index is 12.0. The first-order valence-corrected chi connectivity index (χ1v) is 9.13. The van der Waals surface area contributed by atoms with E-state index in [0.717, 1.165) is 22.7 Å². The second-order valence-electron chi connectivity index (χ2n) is 3.10. The SMILES string of the molecule is NN(S(=O)(=O)c1cccs1)S(=O)(=O)c1cccs1. The molecule has 18 heavy (non-hydrogen) atoms. The van der Waals surface area contributed by atoms with Gasteiger partial charge in [0.2, 0.25) is 0 Å². The van der Waals surface area contributed by atoms with Gasteiger partial charge in [-0.15, -0.1) is 22.7 Å². The predicted molar refractivity (Wildman–Crippen MR) is 69.0 cm³/mol. The van der Waals surface area contributed by atoms with Crippen LogP contribution in [0, 0.1) is 0 Å². The molecule has 0 aromatic carbocycles. The van der Waals surface area contributed by atoms with Gasteiger partial charge in [-0.05, 0) is 26.7 Å². The summed E-state index contributed by atoms with van der Waals surface area (Å²) < 4.78 is 47.6. The van der Waals surface area contributed by atoms with E-state index in [-0.39, 0.29) is 12.2 Å². The van der Waals surface area contributed by atoms with E-state index < -0.39 is 20.0 Å². The van der Waals surface area contributed by atoms with Gasteiger partial charge in [-0.2, -0.15) is 0 Å². The molecule has 2 rings (SSSR count). The molecule has 0 saturated heterocycles. The van der Waals surface area contributed by atoms with Crippen molar-refractivity contribution in [3.05, 3.63) is 35.0 Å². The second-order valence-corrected chi connectivity index (χ2v) is 9.31.